The number of carbonyl (C=O) groups is 1. The first-order valence-corrected chi connectivity index (χ1v) is 5.96. The molecular weight excluding hydrogens is 244 g/mol. The van der Waals surface area contributed by atoms with Crippen LogP contribution in [0.4, 0.5) is 0 Å². The summed E-state index contributed by atoms with van der Waals surface area (Å²) in [4.78, 5) is 12.1. The van der Waals surface area contributed by atoms with Crippen molar-refractivity contribution in [2.75, 3.05) is 6.61 Å². The molecule has 0 aliphatic rings. The third kappa shape index (κ3) is 1.87. The first-order chi connectivity index (χ1) is 9.31. The molecule has 3 aromatic rings. The molecule has 0 fully saturated rings. The van der Waals surface area contributed by atoms with E-state index < -0.39 is 5.97 Å². The van der Waals surface area contributed by atoms with E-state index in [1.807, 2.05) is 30.3 Å². The number of tetrazole rings is 1. The van der Waals surface area contributed by atoms with E-state index in [4.69, 9.17) is 4.74 Å². The normalized spacial score (nSPS) is 10.8. The van der Waals surface area contributed by atoms with Gasteiger partial charge in [-0.3, -0.25) is 0 Å². The number of rotatable bonds is 3. The van der Waals surface area contributed by atoms with E-state index >= 15 is 0 Å². The van der Waals surface area contributed by atoms with Gasteiger partial charge in [0.1, 0.15) is 5.56 Å². The molecule has 6 heteroatoms. The number of fused-ring (bicyclic) bond motifs is 1. The van der Waals surface area contributed by atoms with Crippen LogP contribution < -0.4 is 0 Å². The Labute approximate surface area is 109 Å². The highest BCUT2D eigenvalue weighted by Crippen LogP contribution is 2.27. The molecule has 0 saturated heterocycles. The summed E-state index contributed by atoms with van der Waals surface area (Å²) in [6, 6.07) is 9.63. The lowest BCUT2D eigenvalue weighted by Crippen LogP contribution is -2.05. The van der Waals surface area contributed by atoms with Crippen molar-refractivity contribution in [3.05, 3.63) is 42.1 Å². The predicted molar refractivity (Wildman–Crippen MR) is 68.7 cm³/mol. The van der Waals surface area contributed by atoms with Gasteiger partial charge in [0, 0.05) is 11.8 Å². The minimum Gasteiger partial charge on any atom is -0.462 e. The summed E-state index contributed by atoms with van der Waals surface area (Å²) >= 11 is 0. The van der Waals surface area contributed by atoms with Crippen molar-refractivity contribution < 1.29 is 9.53 Å². The smallest absolute Gasteiger partial charge is 0.342 e. The number of carbonyl (C=O) groups excluding carboxylic acids is 1. The van der Waals surface area contributed by atoms with Crippen LogP contribution in [0.5, 0.6) is 0 Å². The lowest BCUT2D eigenvalue weighted by atomic mass is 10.0. The van der Waals surface area contributed by atoms with E-state index in [9.17, 15) is 4.79 Å². The molecule has 96 valence electrons. The molecule has 0 spiro atoms. The van der Waals surface area contributed by atoms with Crippen molar-refractivity contribution in [3.8, 4) is 11.1 Å². The number of benzene rings is 1. The average Bonchev–Trinajstić information content (AvgIpc) is 2.99. The van der Waals surface area contributed by atoms with Crippen molar-refractivity contribution in [1.82, 2.24) is 20.0 Å². The number of nitrogens with one attached hydrogen (secondary N) is 1. The molecule has 0 atom stereocenters. The molecule has 0 aliphatic carbocycles. The van der Waals surface area contributed by atoms with E-state index in [-0.39, 0.29) is 0 Å². The highest BCUT2D eigenvalue weighted by Gasteiger charge is 2.22. The van der Waals surface area contributed by atoms with E-state index in [0.29, 0.717) is 17.8 Å². The number of nitrogens with zero attached hydrogens (tertiary/aromatic N) is 3. The lowest BCUT2D eigenvalue weighted by Gasteiger charge is -2.03. The van der Waals surface area contributed by atoms with Gasteiger partial charge in [-0.25, -0.2) is 9.31 Å². The van der Waals surface area contributed by atoms with E-state index in [1.54, 1.807) is 17.6 Å². The van der Waals surface area contributed by atoms with Gasteiger partial charge < -0.3 is 4.74 Å². The summed E-state index contributed by atoms with van der Waals surface area (Å²) in [5.41, 5.74) is 2.61. The van der Waals surface area contributed by atoms with Crippen LogP contribution in [0, 0.1) is 0 Å². The zero-order chi connectivity index (χ0) is 13.2. The molecule has 0 unspecified atom stereocenters. The second kappa shape index (κ2) is 4.56. The Morgan fingerprint density at radius 3 is 2.89 bits per heavy atom. The van der Waals surface area contributed by atoms with Gasteiger partial charge >= 0.3 is 5.97 Å². The van der Waals surface area contributed by atoms with Crippen molar-refractivity contribution in [2.45, 2.75) is 6.92 Å². The van der Waals surface area contributed by atoms with Gasteiger partial charge in [-0.2, -0.15) is 5.21 Å². The van der Waals surface area contributed by atoms with Crippen molar-refractivity contribution in [1.29, 1.82) is 0 Å². The van der Waals surface area contributed by atoms with Crippen LogP contribution in [0.3, 0.4) is 0 Å². The van der Waals surface area contributed by atoms with Crippen LogP contribution in [0.1, 0.15) is 17.3 Å². The maximum absolute atomic E-state index is 12.1. The second-order valence-electron chi connectivity index (χ2n) is 4.00. The summed E-state index contributed by atoms with van der Waals surface area (Å²) in [5.74, 6) is -0.391. The Hall–Kier alpha value is -2.63. The Bertz CT molecular complexity index is 715. The minimum absolute atomic E-state index is 0.322. The number of esters is 1. The lowest BCUT2D eigenvalue weighted by molar-refractivity contribution is 0.0529. The first-order valence-electron chi connectivity index (χ1n) is 5.96. The molecule has 19 heavy (non-hydrogen) atoms. The number of ether oxygens (including phenoxy) is 1. The third-order valence-electron chi connectivity index (χ3n) is 2.84. The summed E-state index contributed by atoms with van der Waals surface area (Å²) in [5, 5.41) is 10.3. The van der Waals surface area contributed by atoms with Crippen LogP contribution in [-0.4, -0.2) is 32.6 Å². The van der Waals surface area contributed by atoms with Gasteiger partial charge in [-0.05, 0) is 12.5 Å². The standard InChI is InChI=1S/C13H12N4O2/c1-2-19-13(18)11-10(9-6-4-3-5-7-9)8-17-12(11)14-15-16-17/h3-8H,2H2,1H3,(H,14,16). The average molecular weight is 256 g/mol. The molecule has 1 N–H and O–H groups in total. The Morgan fingerprint density at radius 1 is 1.37 bits per heavy atom. The molecule has 0 amide bonds. The van der Waals surface area contributed by atoms with Gasteiger partial charge in [0.25, 0.3) is 0 Å². The number of H-pyrrole nitrogens is 1. The molecular formula is C13H12N4O2. The van der Waals surface area contributed by atoms with Crippen molar-refractivity contribution >= 4 is 11.6 Å². The molecule has 2 heterocycles. The largest absolute Gasteiger partial charge is 0.462 e. The van der Waals surface area contributed by atoms with Crippen molar-refractivity contribution in [2.24, 2.45) is 0 Å². The molecule has 0 radical (unpaired) electrons. The molecule has 0 aliphatic heterocycles. The number of aromatic amines is 1. The summed E-state index contributed by atoms with van der Waals surface area (Å²) in [6.07, 6.45) is 1.79. The van der Waals surface area contributed by atoms with Crippen LogP contribution in [-0.2, 0) is 4.74 Å². The Morgan fingerprint density at radius 2 is 2.16 bits per heavy atom. The predicted octanol–water partition coefficient (Wildman–Crippen LogP) is 1.90. The highest BCUT2D eigenvalue weighted by atomic mass is 16.5. The summed E-state index contributed by atoms with van der Waals surface area (Å²) in [7, 11) is 0. The van der Waals surface area contributed by atoms with Gasteiger partial charge in [0.2, 0.25) is 0 Å². The van der Waals surface area contributed by atoms with Crippen LogP contribution in [0.15, 0.2) is 36.5 Å². The maximum Gasteiger partial charge on any atom is 0.342 e. The van der Waals surface area contributed by atoms with E-state index in [2.05, 4.69) is 15.5 Å². The van der Waals surface area contributed by atoms with Gasteiger partial charge in [-0.15, -0.1) is 5.10 Å². The van der Waals surface area contributed by atoms with Crippen molar-refractivity contribution in [3.63, 3.8) is 0 Å². The molecule has 0 bridgehead atoms. The highest BCUT2D eigenvalue weighted by molar-refractivity contribution is 6.03. The monoisotopic (exact) mass is 256 g/mol. The molecule has 6 nitrogen and oxygen atoms in total. The topological polar surface area (TPSA) is 72.3 Å². The minimum atomic E-state index is -0.391. The van der Waals surface area contributed by atoms with E-state index in [0.717, 1.165) is 11.1 Å². The van der Waals surface area contributed by atoms with Gasteiger partial charge in [-0.1, -0.05) is 35.5 Å². The van der Waals surface area contributed by atoms with E-state index in [1.165, 1.54) is 0 Å². The fourth-order valence-electron chi connectivity index (χ4n) is 2.03. The summed E-state index contributed by atoms with van der Waals surface area (Å²) in [6.45, 7) is 2.10. The summed E-state index contributed by atoms with van der Waals surface area (Å²) < 4.78 is 6.70. The Balaban J connectivity index is 2.21. The Kier molecular flexibility index (Phi) is 2.75. The maximum atomic E-state index is 12.1. The number of hydrogen-bond donors (Lipinski definition) is 1. The zero-order valence-electron chi connectivity index (χ0n) is 10.3. The van der Waals surface area contributed by atoms with Crippen LogP contribution >= 0.6 is 0 Å². The van der Waals surface area contributed by atoms with Gasteiger partial charge in [0.15, 0.2) is 5.65 Å². The second-order valence-corrected chi connectivity index (χ2v) is 4.00. The SMILES string of the molecule is CCOC(=O)c1c(-c2ccccc2)cn2[nH]nnc12. The molecule has 3 rings (SSSR count). The zero-order valence-corrected chi connectivity index (χ0v) is 10.3. The molecule has 2 aromatic heterocycles. The fraction of sp³-hybridized carbons (Fsp3) is 0.154. The fourth-order valence-corrected chi connectivity index (χ4v) is 2.03. The molecule has 0 saturated carbocycles. The molecule has 1 aromatic carbocycles. The first kappa shape index (κ1) is 11.5. The third-order valence-corrected chi connectivity index (χ3v) is 2.84. The van der Waals surface area contributed by atoms with Crippen LogP contribution in [0.2, 0.25) is 0 Å². The quantitative estimate of drug-likeness (QED) is 0.726. The number of aromatic nitrogens is 4. The number of hydrogen-bond acceptors (Lipinski definition) is 4. The van der Waals surface area contributed by atoms with Gasteiger partial charge in [0.05, 0.1) is 6.61 Å². The van der Waals surface area contributed by atoms with Crippen LogP contribution in [0.25, 0.3) is 16.8 Å².